The van der Waals surface area contributed by atoms with Gasteiger partial charge in [-0.25, -0.2) is 4.98 Å². The zero-order chi connectivity index (χ0) is 17.1. The predicted molar refractivity (Wildman–Crippen MR) is 107 cm³/mol. The number of rotatable bonds is 3. The van der Waals surface area contributed by atoms with Gasteiger partial charge in [0.05, 0.1) is 22.1 Å². The number of benzene rings is 1. The van der Waals surface area contributed by atoms with Crippen molar-refractivity contribution >= 4 is 50.3 Å². The van der Waals surface area contributed by atoms with E-state index in [0.717, 1.165) is 32.2 Å². The van der Waals surface area contributed by atoms with E-state index in [4.69, 9.17) is 12.2 Å². The van der Waals surface area contributed by atoms with Gasteiger partial charge in [0.15, 0.2) is 5.11 Å². The molecule has 0 aliphatic rings. The number of thiocarbonyl (C=S) groups is 1. The van der Waals surface area contributed by atoms with Gasteiger partial charge in [0.25, 0.3) is 0 Å². The molecule has 0 radical (unpaired) electrons. The number of pyridine rings is 2. The van der Waals surface area contributed by atoms with Crippen LogP contribution in [0.5, 0.6) is 0 Å². The molecule has 0 saturated heterocycles. The lowest BCUT2D eigenvalue weighted by Gasteiger charge is -2.10. The summed E-state index contributed by atoms with van der Waals surface area (Å²) in [6, 6.07) is 13.7. The van der Waals surface area contributed by atoms with E-state index in [0.29, 0.717) is 5.11 Å². The van der Waals surface area contributed by atoms with E-state index >= 15 is 0 Å². The van der Waals surface area contributed by atoms with Crippen LogP contribution < -0.4 is 10.6 Å². The highest BCUT2D eigenvalue weighted by molar-refractivity contribution is 7.80. The molecule has 1 aromatic carbocycles. The Labute approximate surface area is 153 Å². The fourth-order valence-electron chi connectivity index (χ4n) is 2.36. The smallest absolute Gasteiger partial charge is 0.175 e. The summed E-state index contributed by atoms with van der Waals surface area (Å²) in [7, 11) is 0. The second-order valence-electron chi connectivity index (χ2n) is 5.26. The molecule has 0 atom stereocenters. The summed E-state index contributed by atoms with van der Waals surface area (Å²) in [5, 5.41) is 7.77. The Hall–Kier alpha value is -2.90. The maximum absolute atomic E-state index is 5.36. The van der Waals surface area contributed by atoms with Crippen LogP contribution >= 0.6 is 23.6 Å². The lowest BCUT2D eigenvalue weighted by atomic mass is 10.2. The molecule has 122 valence electrons. The van der Waals surface area contributed by atoms with Crippen LogP contribution in [-0.4, -0.2) is 20.1 Å². The Morgan fingerprint density at radius 2 is 1.76 bits per heavy atom. The molecular weight excluding hydrogens is 350 g/mol. The summed E-state index contributed by atoms with van der Waals surface area (Å²) in [5.74, 6) is 0. The molecule has 0 spiro atoms. The fourth-order valence-corrected chi connectivity index (χ4v) is 3.53. The van der Waals surface area contributed by atoms with Gasteiger partial charge in [-0.3, -0.25) is 9.97 Å². The quantitative estimate of drug-likeness (QED) is 0.520. The predicted octanol–water partition coefficient (Wildman–Crippen LogP) is 4.56. The van der Waals surface area contributed by atoms with Gasteiger partial charge in [-0.15, -0.1) is 11.3 Å². The Balaban J connectivity index is 1.54. The lowest BCUT2D eigenvalue weighted by Crippen LogP contribution is -2.19. The first kappa shape index (κ1) is 15.6. The van der Waals surface area contributed by atoms with Crippen LogP contribution in [0.15, 0.2) is 67.3 Å². The van der Waals surface area contributed by atoms with E-state index < -0.39 is 0 Å². The zero-order valence-electron chi connectivity index (χ0n) is 13.0. The summed E-state index contributed by atoms with van der Waals surface area (Å²) in [5.41, 5.74) is 3.74. The Morgan fingerprint density at radius 3 is 2.60 bits per heavy atom. The van der Waals surface area contributed by atoms with Crippen LogP contribution in [0.25, 0.3) is 20.8 Å². The van der Waals surface area contributed by atoms with Crippen molar-refractivity contribution in [3.8, 4) is 10.6 Å². The average Bonchev–Trinajstić information content (AvgIpc) is 3.07. The molecule has 0 unspecified atom stereocenters. The van der Waals surface area contributed by atoms with Crippen LogP contribution in [0.3, 0.4) is 0 Å². The molecule has 3 aromatic heterocycles. The van der Waals surface area contributed by atoms with E-state index in [-0.39, 0.29) is 0 Å². The third-order valence-electron chi connectivity index (χ3n) is 3.48. The number of fused-ring (bicyclic) bond motifs is 1. The maximum Gasteiger partial charge on any atom is 0.175 e. The van der Waals surface area contributed by atoms with Gasteiger partial charge in [-0.1, -0.05) is 12.1 Å². The van der Waals surface area contributed by atoms with Crippen molar-refractivity contribution in [1.82, 2.24) is 15.0 Å². The number of thiazole rings is 1. The minimum atomic E-state index is 0.513. The van der Waals surface area contributed by atoms with Crippen molar-refractivity contribution in [2.24, 2.45) is 0 Å². The zero-order valence-corrected chi connectivity index (χ0v) is 14.6. The molecule has 4 rings (SSSR count). The largest absolute Gasteiger partial charge is 0.332 e. The normalized spacial score (nSPS) is 10.6. The molecule has 5 nitrogen and oxygen atoms in total. The summed E-state index contributed by atoms with van der Waals surface area (Å²) in [6.07, 6.45) is 7.04. The minimum Gasteiger partial charge on any atom is -0.332 e. The number of hydrogen-bond donors (Lipinski definition) is 2. The SMILES string of the molecule is S=C(Nc1cccnc1)Nc1cccc(-c2nc3ccncc3s2)c1. The number of nitrogens with one attached hydrogen (secondary N) is 2. The van der Waals surface area contributed by atoms with Crippen LogP contribution in [0.1, 0.15) is 0 Å². The second-order valence-corrected chi connectivity index (χ2v) is 6.70. The molecule has 7 heteroatoms. The van der Waals surface area contributed by atoms with Crippen molar-refractivity contribution in [3.63, 3.8) is 0 Å². The van der Waals surface area contributed by atoms with Gasteiger partial charge in [0.2, 0.25) is 0 Å². The van der Waals surface area contributed by atoms with Gasteiger partial charge in [0.1, 0.15) is 5.01 Å². The third kappa shape index (κ3) is 3.62. The molecule has 4 aromatic rings. The number of hydrogen-bond acceptors (Lipinski definition) is 5. The molecule has 25 heavy (non-hydrogen) atoms. The summed E-state index contributed by atoms with van der Waals surface area (Å²) in [6.45, 7) is 0. The molecule has 0 saturated carbocycles. The van der Waals surface area contributed by atoms with E-state index in [1.807, 2.05) is 48.7 Å². The molecule has 2 N–H and O–H groups in total. The van der Waals surface area contributed by atoms with Crippen molar-refractivity contribution in [2.75, 3.05) is 10.6 Å². The Kier molecular flexibility index (Phi) is 4.32. The highest BCUT2D eigenvalue weighted by Gasteiger charge is 2.07. The van der Waals surface area contributed by atoms with Gasteiger partial charge in [0, 0.05) is 29.8 Å². The van der Waals surface area contributed by atoms with Crippen LogP contribution in [-0.2, 0) is 0 Å². The van der Waals surface area contributed by atoms with Crippen LogP contribution in [0, 0.1) is 0 Å². The molecule has 0 amide bonds. The van der Waals surface area contributed by atoms with E-state index in [1.165, 1.54) is 0 Å². The average molecular weight is 363 g/mol. The Morgan fingerprint density at radius 1 is 0.920 bits per heavy atom. The highest BCUT2D eigenvalue weighted by Crippen LogP contribution is 2.30. The summed E-state index contributed by atoms with van der Waals surface area (Å²) < 4.78 is 1.07. The number of aromatic nitrogens is 3. The van der Waals surface area contributed by atoms with Gasteiger partial charge >= 0.3 is 0 Å². The maximum atomic E-state index is 5.36. The monoisotopic (exact) mass is 363 g/mol. The lowest BCUT2D eigenvalue weighted by molar-refractivity contribution is 1.33. The van der Waals surface area contributed by atoms with Crippen molar-refractivity contribution in [2.45, 2.75) is 0 Å². The molecule has 3 heterocycles. The number of nitrogens with zero attached hydrogens (tertiary/aromatic N) is 3. The molecule has 0 aliphatic heterocycles. The van der Waals surface area contributed by atoms with E-state index in [9.17, 15) is 0 Å². The fraction of sp³-hybridized carbons (Fsp3) is 0. The molecule has 0 fully saturated rings. The first-order valence-corrected chi connectivity index (χ1v) is 8.79. The molecule has 0 aliphatic carbocycles. The highest BCUT2D eigenvalue weighted by atomic mass is 32.1. The van der Waals surface area contributed by atoms with E-state index in [1.54, 1.807) is 29.9 Å². The first-order chi connectivity index (χ1) is 12.3. The second kappa shape index (κ2) is 6.92. The van der Waals surface area contributed by atoms with Crippen molar-refractivity contribution in [3.05, 3.63) is 67.3 Å². The van der Waals surface area contributed by atoms with Gasteiger partial charge in [-0.05, 0) is 42.5 Å². The molecule has 0 bridgehead atoms. The standard InChI is InChI=1S/C18H13N5S2/c24-18(22-14-5-2-7-19-10-14)21-13-4-1-3-12(9-13)17-23-15-6-8-20-11-16(15)25-17/h1-11H,(H2,21,22,24). The van der Waals surface area contributed by atoms with Crippen molar-refractivity contribution in [1.29, 1.82) is 0 Å². The topological polar surface area (TPSA) is 62.7 Å². The van der Waals surface area contributed by atoms with Crippen LogP contribution in [0.4, 0.5) is 11.4 Å². The third-order valence-corrected chi connectivity index (χ3v) is 4.74. The summed E-state index contributed by atoms with van der Waals surface area (Å²) in [4.78, 5) is 12.9. The molecular formula is C18H13N5S2. The van der Waals surface area contributed by atoms with E-state index in [2.05, 4.69) is 25.6 Å². The first-order valence-electron chi connectivity index (χ1n) is 7.57. The van der Waals surface area contributed by atoms with Crippen LogP contribution in [0.2, 0.25) is 0 Å². The van der Waals surface area contributed by atoms with Gasteiger partial charge < -0.3 is 10.6 Å². The van der Waals surface area contributed by atoms with Crippen molar-refractivity contribution < 1.29 is 0 Å². The van der Waals surface area contributed by atoms with Gasteiger partial charge in [-0.2, -0.15) is 0 Å². The summed E-state index contributed by atoms with van der Waals surface area (Å²) >= 11 is 6.98. The Bertz CT molecular complexity index is 997. The minimum absolute atomic E-state index is 0.513. The number of anilines is 2.